The van der Waals surface area contributed by atoms with E-state index in [0.29, 0.717) is 53.3 Å². The molecule has 7 nitrogen and oxygen atoms in total. The number of pyridine rings is 6. The van der Waals surface area contributed by atoms with Gasteiger partial charge >= 0.3 is 0 Å². The third-order valence-corrected chi connectivity index (χ3v) is 25.2. The molecule has 0 atom stereocenters. The van der Waals surface area contributed by atoms with Gasteiger partial charge in [0.1, 0.15) is 0 Å². The second kappa shape index (κ2) is 43.9. The molecule has 0 saturated heterocycles. The normalized spacial score (nSPS) is 15.6. The molecule has 0 spiro atoms. The SMILES string of the molecule is CC(C)c1cccc2c1CCC2.CC(C)c1cccc2c1CCCC2.CC(C)c1cccc2c1CCCN2.CC(C)c1ccnc2c1CCC2.CC(C)c1ccnc2c1CCCC2.CC(C)c1cncc2c1CCC2.CC(C)c1cncc2c1CCCC2.CC(C)c1nccc2c1CCC2.CC(C)c1nccc2c1CCCC2. The van der Waals surface area contributed by atoms with Crippen LogP contribution in [0.3, 0.4) is 0 Å². The molecule has 0 radical (unpaired) electrons. The Labute approximate surface area is 687 Å². The van der Waals surface area contributed by atoms with Crippen LogP contribution >= 0.6 is 0 Å². The minimum absolute atomic E-state index is 0.577. The number of benzene rings is 3. The average molecular weight is 1520 g/mol. The zero-order chi connectivity index (χ0) is 80.5. The molecule has 606 valence electrons. The number of nitrogens with zero attached hydrogens (tertiary/aromatic N) is 6. The smallest absolute Gasteiger partial charge is 0.0463 e. The molecule has 6 aromatic heterocycles. The minimum Gasteiger partial charge on any atom is -0.385 e. The van der Waals surface area contributed by atoms with Gasteiger partial charge in [0.05, 0.1) is 0 Å². The van der Waals surface area contributed by atoms with Crippen LogP contribution < -0.4 is 5.32 Å². The molecule has 0 bridgehead atoms. The number of anilines is 1. The zero-order valence-corrected chi connectivity index (χ0v) is 73.9. The van der Waals surface area contributed by atoms with Crippen molar-refractivity contribution < 1.29 is 0 Å². The quantitative estimate of drug-likeness (QED) is 0.154. The maximum Gasteiger partial charge on any atom is 0.0463 e. The van der Waals surface area contributed by atoms with Gasteiger partial charge in [-0.2, -0.15) is 0 Å². The molecule has 9 aliphatic rings. The summed E-state index contributed by atoms with van der Waals surface area (Å²) in [6, 6.07) is 29.0. The van der Waals surface area contributed by atoms with E-state index in [9.17, 15) is 0 Å². The fourth-order valence-electron chi connectivity index (χ4n) is 19.3. The molecule has 3 aromatic carbocycles. The van der Waals surface area contributed by atoms with Crippen molar-refractivity contribution in [3.8, 4) is 0 Å². The van der Waals surface area contributed by atoms with Crippen molar-refractivity contribution in [1.29, 1.82) is 0 Å². The van der Waals surface area contributed by atoms with Crippen LogP contribution in [0, 0.1) is 0 Å². The molecule has 113 heavy (non-hydrogen) atoms. The van der Waals surface area contributed by atoms with Crippen LogP contribution in [-0.2, 0) is 109 Å². The van der Waals surface area contributed by atoms with Gasteiger partial charge in [0.25, 0.3) is 0 Å². The molecular weight excluding hydrogens is 1370 g/mol. The molecule has 1 N–H and O–H groups in total. The van der Waals surface area contributed by atoms with Crippen LogP contribution in [0.15, 0.2) is 128 Å². The van der Waals surface area contributed by atoms with Gasteiger partial charge in [0, 0.05) is 84.6 Å². The molecule has 1 aliphatic heterocycles. The largest absolute Gasteiger partial charge is 0.385 e. The standard InChI is InChI=1S/C13H18.4C12H17N.C12H16.3C11H15N/c1-10(2)12-9-5-7-11-6-3-4-8-13(11)12;1-9(2)10-5-3-7-12-11(10)6-4-8-13-12;1-9(2)12-8-13-7-10-5-3-4-6-11(10)12;1-9(2)10-7-8-13-12-6-4-3-5-11(10)12;1-9(2)12-11-6-4-3-5-10(11)7-8-13-12;1-9(2)11-7-3-5-10-6-4-8-12(10)11;1-8(2)11-7-12-6-9-4-3-5-10(9)11;1-8(2)9-6-7-12-11-5-3-4-10(9)11;1-8(2)11-10-5-3-4-9(10)6-7-12-11/h5,7,9-10H,3-4,6,8H2,1-2H3;3,5,7,9,13H,4,6,8H2,1-2H3;3*7-9H,3-6H2,1-2H3;3,5,7,9H,4,6,8H2,1-2H3;3*6-8H,3-5H2,1-2H3. The van der Waals surface area contributed by atoms with Gasteiger partial charge in [0.15, 0.2) is 0 Å². The first kappa shape index (κ1) is 87.7. The van der Waals surface area contributed by atoms with Gasteiger partial charge in [-0.15, -0.1) is 0 Å². The summed E-state index contributed by atoms with van der Waals surface area (Å²) >= 11 is 0. The van der Waals surface area contributed by atoms with Crippen LogP contribution in [0.25, 0.3) is 0 Å². The van der Waals surface area contributed by atoms with Crippen molar-refractivity contribution in [1.82, 2.24) is 29.9 Å². The van der Waals surface area contributed by atoms with Crippen molar-refractivity contribution in [2.24, 2.45) is 0 Å². The van der Waals surface area contributed by atoms with Crippen LogP contribution in [0.4, 0.5) is 5.69 Å². The van der Waals surface area contributed by atoms with Crippen LogP contribution in [-0.4, -0.2) is 36.4 Å². The minimum atomic E-state index is 0.577. The lowest BCUT2D eigenvalue weighted by atomic mass is 9.85. The molecule has 0 fully saturated rings. The summed E-state index contributed by atoms with van der Waals surface area (Å²) in [5, 5.41) is 3.46. The van der Waals surface area contributed by atoms with Gasteiger partial charge in [-0.05, 0) is 399 Å². The van der Waals surface area contributed by atoms with E-state index in [1.54, 1.807) is 66.8 Å². The summed E-state index contributed by atoms with van der Waals surface area (Å²) in [5.41, 5.74) is 40.8. The first-order valence-corrected chi connectivity index (χ1v) is 45.4. The fourth-order valence-corrected chi connectivity index (χ4v) is 19.3. The van der Waals surface area contributed by atoms with Crippen molar-refractivity contribution in [3.63, 3.8) is 0 Å². The van der Waals surface area contributed by atoms with Crippen molar-refractivity contribution >= 4 is 5.69 Å². The maximum atomic E-state index is 4.49. The summed E-state index contributed by atoms with van der Waals surface area (Å²) in [5.74, 6) is 5.74. The highest BCUT2D eigenvalue weighted by Crippen LogP contribution is 2.37. The third kappa shape index (κ3) is 24.0. The maximum absolute atomic E-state index is 4.49. The Morgan fingerprint density at radius 2 is 0.513 bits per heavy atom. The number of fused-ring (bicyclic) bond motifs is 9. The summed E-state index contributed by atoms with van der Waals surface area (Å²) in [6.07, 6.45) is 54.8. The van der Waals surface area contributed by atoms with Crippen molar-refractivity contribution in [2.45, 2.75) is 371 Å². The Morgan fingerprint density at radius 3 is 0.956 bits per heavy atom. The average Bonchev–Trinajstić information content (AvgIpc) is 1.59. The molecule has 7 heterocycles. The Morgan fingerprint density at radius 1 is 0.221 bits per heavy atom. The topological polar surface area (TPSA) is 89.4 Å². The summed E-state index contributed by atoms with van der Waals surface area (Å²) in [6.45, 7) is 41.8. The molecule has 9 aromatic rings. The van der Waals surface area contributed by atoms with E-state index in [0.717, 1.165) is 6.54 Å². The highest BCUT2D eigenvalue weighted by atomic mass is 14.9. The number of hydrogen-bond acceptors (Lipinski definition) is 7. The predicted molar refractivity (Wildman–Crippen MR) is 483 cm³/mol. The second-order valence-electron chi connectivity index (χ2n) is 36.6. The van der Waals surface area contributed by atoms with E-state index < -0.39 is 0 Å². The molecule has 18 rings (SSSR count). The number of aryl methyl sites for hydroxylation is 8. The lowest BCUT2D eigenvalue weighted by Crippen LogP contribution is -2.13. The summed E-state index contributed by atoms with van der Waals surface area (Å²) in [7, 11) is 0. The summed E-state index contributed by atoms with van der Waals surface area (Å²) < 4.78 is 0. The van der Waals surface area contributed by atoms with Crippen LogP contribution in [0.1, 0.15) is 407 Å². The Bertz CT molecular complexity index is 3830. The number of hydrogen-bond donors (Lipinski definition) is 1. The number of aromatic nitrogens is 6. The molecule has 0 saturated carbocycles. The van der Waals surface area contributed by atoms with Crippen LogP contribution in [0.5, 0.6) is 0 Å². The number of rotatable bonds is 9. The molecule has 8 aliphatic carbocycles. The van der Waals surface area contributed by atoms with E-state index in [1.807, 2.05) is 37.2 Å². The van der Waals surface area contributed by atoms with Gasteiger partial charge < -0.3 is 5.32 Å². The lowest BCUT2D eigenvalue weighted by molar-refractivity contribution is 0.653. The zero-order valence-electron chi connectivity index (χ0n) is 73.9. The first-order valence-electron chi connectivity index (χ1n) is 45.4. The van der Waals surface area contributed by atoms with Crippen molar-refractivity contribution in [2.75, 3.05) is 11.9 Å². The van der Waals surface area contributed by atoms with E-state index in [-0.39, 0.29) is 0 Å². The van der Waals surface area contributed by atoms with E-state index in [2.05, 4.69) is 251 Å². The van der Waals surface area contributed by atoms with Gasteiger partial charge in [-0.1, -0.05) is 173 Å². The monoisotopic (exact) mass is 1520 g/mol. The van der Waals surface area contributed by atoms with Gasteiger partial charge in [-0.3, -0.25) is 29.9 Å². The summed E-state index contributed by atoms with van der Waals surface area (Å²) in [4.78, 5) is 26.4. The van der Waals surface area contributed by atoms with E-state index in [1.165, 1.54) is 277 Å². The molecule has 7 heteroatoms. The molecule has 0 unspecified atom stereocenters. The Kier molecular flexibility index (Phi) is 34.1. The Balaban J connectivity index is 0.000000135. The number of nitrogens with one attached hydrogen (secondary N) is 1. The van der Waals surface area contributed by atoms with Gasteiger partial charge in [-0.25, -0.2) is 0 Å². The fraction of sp³-hybridized carbons (Fsp3) is 0.547. The second-order valence-corrected chi connectivity index (χ2v) is 36.6. The van der Waals surface area contributed by atoms with E-state index >= 15 is 0 Å². The molecule has 0 amide bonds. The predicted octanol–water partition coefficient (Wildman–Crippen LogP) is 27.5. The van der Waals surface area contributed by atoms with Crippen molar-refractivity contribution in [3.05, 3.63) is 274 Å². The van der Waals surface area contributed by atoms with Gasteiger partial charge in [0.2, 0.25) is 0 Å². The Hall–Kier alpha value is -7.64. The molecular formula is C106H147N7. The van der Waals surface area contributed by atoms with Crippen LogP contribution in [0.2, 0.25) is 0 Å². The highest BCUT2D eigenvalue weighted by molar-refractivity contribution is 5.57. The highest BCUT2D eigenvalue weighted by Gasteiger charge is 2.24. The van der Waals surface area contributed by atoms with E-state index in [4.69, 9.17) is 0 Å². The lowest BCUT2D eigenvalue weighted by Gasteiger charge is -2.22. The third-order valence-electron chi connectivity index (χ3n) is 25.2. The first-order chi connectivity index (χ1) is 54.6.